The Balaban J connectivity index is 1.23. The smallest absolute Gasteiger partial charge is 0.430 e. The molecule has 3 aromatic rings. The summed E-state index contributed by atoms with van der Waals surface area (Å²) in [7, 11) is 1.64. The Labute approximate surface area is 185 Å². The first-order valence-corrected chi connectivity index (χ1v) is 10.2. The van der Waals surface area contributed by atoms with Gasteiger partial charge in [0.25, 0.3) is 0 Å². The summed E-state index contributed by atoms with van der Waals surface area (Å²) in [5.74, 6) is 1.30. The fourth-order valence-corrected chi connectivity index (χ4v) is 3.04. The van der Waals surface area contributed by atoms with Gasteiger partial charge in [0.05, 0.1) is 31.6 Å². The van der Waals surface area contributed by atoms with Gasteiger partial charge in [0.1, 0.15) is 18.5 Å². The van der Waals surface area contributed by atoms with E-state index in [4.69, 9.17) is 19.0 Å². The predicted octanol–water partition coefficient (Wildman–Crippen LogP) is 3.40. The summed E-state index contributed by atoms with van der Waals surface area (Å²) in [6, 6.07) is 15.0. The number of nitrogens with one attached hydrogen (secondary N) is 1. The van der Waals surface area contributed by atoms with E-state index in [0.717, 1.165) is 16.9 Å². The van der Waals surface area contributed by atoms with E-state index in [2.05, 4.69) is 15.3 Å². The number of rotatable bonds is 9. The third-order valence-corrected chi connectivity index (χ3v) is 4.68. The maximum atomic E-state index is 11.9. The van der Waals surface area contributed by atoms with Gasteiger partial charge in [-0.05, 0) is 35.9 Å². The van der Waals surface area contributed by atoms with Crippen LogP contribution in [0, 0.1) is 0 Å². The van der Waals surface area contributed by atoms with Gasteiger partial charge in [-0.15, -0.1) is 5.06 Å². The number of anilines is 1. The second-order valence-electron chi connectivity index (χ2n) is 7.09. The maximum Gasteiger partial charge on any atom is 0.430 e. The number of carbonyl (C=O) groups is 1. The Kier molecular flexibility index (Phi) is 7.11. The van der Waals surface area contributed by atoms with Crippen LogP contribution in [0.15, 0.2) is 67.1 Å². The molecule has 9 nitrogen and oxygen atoms in total. The van der Waals surface area contributed by atoms with Crippen molar-refractivity contribution >= 4 is 11.8 Å². The van der Waals surface area contributed by atoms with Crippen LogP contribution in [0.3, 0.4) is 0 Å². The zero-order chi connectivity index (χ0) is 22.2. The van der Waals surface area contributed by atoms with E-state index in [1.165, 1.54) is 5.06 Å². The molecule has 3 heterocycles. The van der Waals surface area contributed by atoms with E-state index < -0.39 is 6.09 Å². The molecule has 0 saturated carbocycles. The molecule has 2 aromatic heterocycles. The maximum absolute atomic E-state index is 11.9. The Hall–Kier alpha value is -3.69. The summed E-state index contributed by atoms with van der Waals surface area (Å²) in [6.45, 7) is 1.96. The first-order valence-electron chi connectivity index (χ1n) is 10.2. The Morgan fingerprint density at radius 3 is 2.75 bits per heavy atom. The zero-order valence-corrected chi connectivity index (χ0v) is 17.6. The molecular formula is C23H24N4O5. The number of methoxy groups -OCH3 is 1. The summed E-state index contributed by atoms with van der Waals surface area (Å²) in [6.07, 6.45) is 4.27. The summed E-state index contributed by atoms with van der Waals surface area (Å²) in [5, 5.41) is 4.14. The molecule has 1 saturated heterocycles. The van der Waals surface area contributed by atoms with Crippen molar-refractivity contribution in [2.24, 2.45) is 0 Å². The highest BCUT2D eigenvalue weighted by Gasteiger charge is 2.32. The minimum atomic E-state index is -0.563. The van der Waals surface area contributed by atoms with Crippen LogP contribution >= 0.6 is 0 Å². The fraction of sp³-hybridized carbons (Fsp3) is 0.261. The van der Waals surface area contributed by atoms with Gasteiger partial charge in [-0.2, -0.15) is 0 Å². The van der Waals surface area contributed by atoms with Gasteiger partial charge in [0.15, 0.2) is 0 Å². The predicted molar refractivity (Wildman–Crippen MR) is 117 cm³/mol. The van der Waals surface area contributed by atoms with Gasteiger partial charge in [-0.25, -0.2) is 9.78 Å². The number of carbonyl (C=O) groups excluding carboxylic acids is 1. The van der Waals surface area contributed by atoms with Crippen molar-refractivity contribution in [2.75, 3.05) is 38.7 Å². The third kappa shape index (κ3) is 5.93. The Morgan fingerprint density at radius 1 is 1.09 bits per heavy atom. The molecule has 0 spiro atoms. The molecule has 32 heavy (non-hydrogen) atoms. The molecule has 9 heteroatoms. The molecule has 166 valence electrons. The van der Waals surface area contributed by atoms with E-state index in [1.807, 2.05) is 36.4 Å². The average Bonchev–Trinajstić information content (AvgIpc) is 2.79. The van der Waals surface area contributed by atoms with Crippen molar-refractivity contribution in [1.29, 1.82) is 0 Å². The number of hydrogen-bond donors (Lipinski definition) is 1. The Bertz CT molecular complexity index is 1010. The first kappa shape index (κ1) is 21.5. The Morgan fingerprint density at radius 2 is 2.00 bits per heavy atom. The third-order valence-electron chi connectivity index (χ3n) is 4.68. The SMILES string of the molecule is COCCOc1cccc(-c2ccc(OC3CN(OC(=O)Nc4cccnc4)C3)nc2)c1. The lowest BCUT2D eigenvalue weighted by atomic mass is 10.1. The van der Waals surface area contributed by atoms with Crippen LogP contribution in [0.5, 0.6) is 11.6 Å². The molecule has 1 aliphatic rings. The van der Waals surface area contributed by atoms with Crippen LogP contribution in [-0.4, -0.2) is 60.6 Å². The van der Waals surface area contributed by atoms with Crippen LogP contribution in [0.25, 0.3) is 11.1 Å². The van der Waals surface area contributed by atoms with Crippen molar-refractivity contribution in [3.63, 3.8) is 0 Å². The van der Waals surface area contributed by atoms with E-state index in [0.29, 0.717) is 37.9 Å². The van der Waals surface area contributed by atoms with Gasteiger partial charge >= 0.3 is 6.09 Å². The number of aromatic nitrogens is 2. The quantitative estimate of drug-likeness (QED) is 0.510. The number of hydrogen-bond acceptors (Lipinski definition) is 8. The summed E-state index contributed by atoms with van der Waals surface area (Å²) < 4.78 is 16.5. The monoisotopic (exact) mass is 436 g/mol. The van der Waals surface area contributed by atoms with Gasteiger partial charge in [-0.1, -0.05) is 12.1 Å². The number of nitrogens with zero attached hydrogens (tertiary/aromatic N) is 3. The lowest BCUT2D eigenvalue weighted by Crippen LogP contribution is -2.54. The highest BCUT2D eigenvalue weighted by molar-refractivity contribution is 5.84. The van der Waals surface area contributed by atoms with Crippen LogP contribution in [0.1, 0.15) is 0 Å². The highest BCUT2D eigenvalue weighted by atomic mass is 16.7. The van der Waals surface area contributed by atoms with Gasteiger partial charge in [0.2, 0.25) is 5.88 Å². The molecule has 1 fully saturated rings. The number of benzene rings is 1. The molecular weight excluding hydrogens is 412 g/mol. The molecule has 1 amide bonds. The minimum absolute atomic E-state index is 0.0999. The summed E-state index contributed by atoms with van der Waals surface area (Å²) >= 11 is 0. The first-order chi connectivity index (χ1) is 15.7. The van der Waals surface area contributed by atoms with Gasteiger partial charge in [-0.3, -0.25) is 10.3 Å². The molecule has 0 atom stereocenters. The second-order valence-corrected chi connectivity index (χ2v) is 7.09. The minimum Gasteiger partial charge on any atom is -0.491 e. The average molecular weight is 436 g/mol. The van der Waals surface area contributed by atoms with Crippen molar-refractivity contribution in [3.05, 3.63) is 67.1 Å². The van der Waals surface area contributed by atoms with Crippen LogP contribution < -0.4 is 14.8 Å². The van der Waals surface area contributed by atoms with Crippen molar-refractivity contribution in [1.82, 2.24) is 15.0 Å². The molecule has 0 bridgehead atoms. The standard InChI is InChI=1S/C23H24N4O5/c1-29-10-11-30-20-6-2-4-17(12-20)18-7-8-22(25-13-18)31-21-15-27(16-21)32-23(28)26-19-5-3-9-24-14-19/h2-9,12-14,21H,10-11,15-16H2,1H3,(H,26,28). The lowest BCUT2D eigenvalue weighted by molar-refractivity contribution is -0.181. The lowest BCUT2D eigenvalue weighted by Gasteiger charge is -2.36. The molecule has 0 unspecified atom stereocenters. The second kappa shape index (κ2) is 10.6. The fourth-order valence-electron chi connectivity index (χ4n) is 3.04. The van der Waals surface area contributed by atoms with Crippen molar-refractivity contribution in [2.45, 2.75) is 6.10 Å². The normalized spacial score (nSPS) is 13.8. The van der Waals surface area contributed by atoms with E-state index in [9.17, 15) is 4.79 Å². The van der Waals surface area contributed by atoms with Crippen LogP contribution in [0.2, 0.25) is 0 Å². The molecule has 0 aliphatic carbocycles. The van der Waals surface area contributed by atoms with Crippen LogP contribution in [-0.2, 0) is 9.57 Å². The highest BCUT2D eigenvalue weighted by Crippen LogP contribution is 2.25. The molecule has 0 radical (unpaired) electrons. The largest absolute Gasteiger partial charge is 0.491 e. The topological polar surface area (TPSA) is 95.0 Å². The van der Waals surface area contributed by atoms with Crippen molar-refractivity contribution in [3.8, 4) is 22.8 Å². The van der Waals surface area contributed by atoms with E-state index >= 15 is 0 Å². The van der Waals surface area contributed by atoms with Crippen LogP contribution in [0.4, 0.5) is 10.5 Å². The number of pyridine rings is 2. The molecule has 1 aromatic carbocycles. The summed E-state index contributed by atoms with van der Waals surface area (Å²) in [5.41, 5.74) is 2.53. The molecule has 4 rings (SSSR count). The van der Waals surface area contributed by atoms with E-state index in [-0.39, 0.29) is 6.10 Å². The number of amides is 1. The zero-order valence-electron chi connectivity index (χ0n) is 17.6. The van der Waals surface area contributed by atoms with Crippen molar-refractivity contribution < 1.29 is 23.8 Å². The van der Waals surface area contributed by atoms with Gasteiger partial charge in [0, 0.05) is 31.1 Å². The molecule has 1 N–H and O–H groups in total. The van der Waals surface area contributed by atoms with E-state index in [1.54, 1.807) is 37.8 Å². The van der Waals surface area contributed by atoms with Gasteiger partial charge < -0.3 is 19.0 Å². The number of hydroxylamine groups is 2. The summed E-state index contributed by atoms with van der Waals surface area (Å²) in [4.78, 5) is 25.4. The number of ether oxygens (including phenoxy) is 3. The molecule has 1 aliphatic heterocycles.